The Morgan fingerprint density at radius 2 is 0.646 bits per heavy atom. The van der Waals surface area contributed by atoms with E-state index in [4.69, 9.17) is 0 Å². The van der Waals surface area contributed by atoms with E-state index in [-0.39, 0.29) is 0 Å². The third kappa shape index (κ3) is 4.87. The molecule has 224 valence electrons. The van der Waals surface area contributed by atoms with Crippen molar-refractivity contribution >= 4 is 32.3 Å². The van der Waals surface area contributed by atoms with Crippen molar-refractivity contribution in [1.29, 1.82) is 0 Å². The van der Waals surface area contributed by atoms with E-state index in [0.717, 1.165) is 0 Å². The van der Waals surface area contributed by atoms with Gasteiger partial charge in [0, 0.05) is 0 Å². The number of benzene rings is 9. The number of fused-ring (bicyclic) bond motifs is 3. The van der Waals surface area contributed by atoms with Gasteiger partial charge in [-0.3, -0.25) is 0 Å². The van der Waals surface area contributed by atoms with Gasteiger partial charge in [0.05, 0.1) is 0 Å². The van der Waals surface area contributed by atoms with Crippen LogP contribution in [0.2, 0.25) is 0 Å². The van der Waals surface area contributed by atoms with Crippen LogP contribution in [-0.4, -0.2) is 0 Å². The summed E-state index contributed by atoms with van der Waals surface area (Å²) in [6.45, 7) is 0. The molecule has 0 spiro atoms. The standard InChI is InChI=1S/C48H32/c1-4-15-33(16-5-1)37-28-27-36-21-14-26-45(46(36)32-37)48-43-24-12-10-22-41(43)47(42-23-11-13-25-44(42)48)40-30-38(34-17-6-2-7-18-34)29-39(31-40)35-19-8-3-9-20-35/h1-32H. The zero-order chi connectivity index (χ0) is 31.9. The summed E-state index contributed by atoms with van der Waals surface area (Å²) in [6, 6.07) is 70.8. The highest BCUT2D eigenvalue weighted by Crippen LogP contribution is 2.46. The quantitative estimate of drug-likeness (QED) is 0.171. The highest BCUT2D eigenvalue weighted by atomic mass is 14.2. The van der Waals surface area contributed by atoms with Gasteiger partial charge in [0.1, 0.15) is 0 Å². The van der Waals surface area contributed by atoms with Crippen LogP contribution in [0, 0.1) is 0 Å². The molecular weight excluding hydrogens is 577 g/mol. The average molecular weight is 609 g/mol. The Labute approximate surface area is 281 Å². The molecule has 0 heteroatoms. The highest BCUT2D eigenvalue weighted by molar-refractivity contribution is 6.23. The number of rotatable bonds is 5. The van der Waals surface area contributed by atoms with Crippen LogP contribution in [0.15, 0.2) is 194 Å². The first-order chi connectivity index (χ1) is 23.8. The van der Waals surface area contributed by atoms with E-state index in [2.05, 4.69) is 194 Å². The van der Waals surface area contributed by atoms with Crippen LogP contribution in [-0.2, 0) is 0 Å². The molecule has 0 atom stereocenters. The van der Waals surface area contributed by atoms with Crippen molar-refractivity contribution in [2.45, 2.75) is 0 Å². The van der Waals surface area contributed by atoms with Crippen molar-refractivity contribution in [3.05, 3.63) is 194 Å². The molecule has 0 saturated heterocycles. The maximum Gasteiger partial charge on any atom is -0.00201 e. The van der Waals surface area contributed by atoms with Gasteiger partial charge >= 0.3 is 0 Å². The second kappa shape index (κ2) is 11.8. The Morgan fingerprint density at radius 3 is 1.17 bits per heavy atom. The van der Waals surface area contributed by atoms with E-state index >= 15 is 0 Å². The van der Waals surface area contributed by atoms with Gasteiger partial charge in [0.15, 0.2) is 0 Å². The summed E-state index contributed by atoms with van der Waals surface area (Å²) in [5.41, 5.74) is 12.3. The van der Waals surface area contributed by atoms with E-state index in [9.17, 15) is 0 Å². The first-order valence-corrected chi connectivity index (χ1v) is 16.6. The third-order valence-corrected chi connectivity index (χ3v) is 9.63. The van der Waals surface area contributed by atoms with E-state index in [1.54, 1.807) is 0 Å². The van der Waals surface area contributed by atoms with Crippen LogP contribution < -0.4 is 0 Å². The lowest BCUT2D eigenvalue weighted by Crippen LogP contribution is -1.93. The van der Waals surface area contributed by atoms with E-state index in [1.165, 1.54) is 88.0 Å². The minimum Gasteiger partial charge on any atom is -0.0622 e. The van der Waals surface area contributed by atoms with Crippen molar-refractivity contribution in [3.8, 4) is 55.6 Å². The van der Waals surface area contributed by atoms with E-state index < -0.39 is 0 Å². The molecule has 0 saturated carbocycles. The summed E-state index contributed by atoms with van der Waals surface area (Å²) in [7, 11) is 0. The molecule has 0 amide bonds. The summed E-state index contributed by atoms with van der Waals surface area (Å²) in [6.07, 6.45) is 0. The molecule has 0 heterocycles. The van der Waals surface area contributed by atoms with Crippen LogP contribution in [0.1, 0.15) is 0 Å². The Bertz CT molecular complexity index is 2460. The van der Waals surface area contributed by atoms with Crippen LogP contribution in [0.3, 0.4) is 0 Å². The van der Waals surface area contributed by atoms with Gasteiger partial charge in [-0.05, 0) is 112 Å². The van der Waals surface area contributed by atoms with Gasteiger partial charge in [0.2, 0.25) is 0 Å². The molecule has 0 aliphatic carbocycles. The fourth-order valence-corrected chi connectivity index (χ4v) is 7.40. The summed E-state index contributed by atoms with van der Waals surface area (Å²) in [5, 5.41) is 7.54. The third-order valence-electron chi connectivity index (χ3n) is 9.63. The minimum atomic E-state index is 1.21. The zero-order valence-corrected chi connectivity index (χ0v) is 26.5. The molecule has 0 aliphatic heterocycles. The lowest BCUT2D eigenvalue weighted by molar-refractivity contribution is 1.58. The molecule has 0 fully saturated rings. The van der Waals surface area contributed by atoms with Gasteiger partial charge < -0.3 is 0 Å². The molecule has 0 radical (unpaired) electrons. The lowest BCUT2D eigenvalue weighted by atomic mass is 9.83. The number of hydrogen-bond acceptors (Lipinski definition) is 0. The normalized spacial score (nSPS) is 11.3. The first-order valence-electron chi connectivity index (χ1n) is 16.6. The fraction of sp³-hybridized carbons (Fsp3) is 0. The van der Waals surface area contributed by atoms with E-state index in [1.807, 2.05) is 0 Å². The largest absolute Gasteiger partial charge is 0.0622 e. The summed E-state index contributed by atoms with van der Waals surface area (Å²) in [5.74, 6) is 0. The molecule has 0 bridgehead atoms. The predicted molar refractivity (Wildman–Crippen MR) is 206 cm³/mol. The molecule has 9 aromatic carbocycles. The molecule has 0 N–H and O–H groups in total. The summed E-state index contributed by atoms with van der Waals surface area (Å²) in [4.78, 5) is 0. The van der Waals surface area contributed by atoms with Gasteiger partial charge in [-0.2, -0.15) is 0 Å². The fourth-order valence-electron chi connectivity index (χ4n) is 7.40. The predicted octanol–water partition coefficient (Wildman–Crippen LogP) is 13.5. The monoisotopic (exact) mass is 608 g/mol. The Balaban J connectivity index is 1.36. The summed E-state index contributed by atoms with van der Waals surface area (Å²) < 4.78 is 0. The molecule has 0 unspecified atom stereocenters. The first kappa shape index (κ1) is 28.0. The van der Waals surface area contributed by atoms with Gasteiger partial charge in [0.25, 0.3) is 0 Å². The van der Waals surface area contributed by atoms with Crippen LogP contribution in [0.4, 0.5) is 0 Å². The molecule has 9 aromatic rings. The molecule has 9 rings (SSSR count). The van der Waals surface area contributed by atoms with Crippen molar-refractivity contribution in [1.82, 2.24) is 0 Å². The van der Waals surface area contributed by atoms with Gasteiger partial charge in [-0.15, -0.1) is 0 Å². The van der Waals surface area contributed by atoms with Crippen LogP contribution in [0.5, 0.6) is 0 Å². The maximum atomic E-state index is 2.37. The van der Waals surface area contributed by atoms with Crippen LogP contribution >= 0.6 is 0 Å². The van der Waals surface area contributed by atoms with Gasteiger partial charge in [-0.1, -0.05) is 170 Å². The average Bonchev–Trinajstić information content (AvgIpc) is 3.17. The number of hydrogen-bond donors (Lipinski definition) is 0. The van der Waals surface area contributed by atoms with Crippen molar-refractivity contribution in [2.75, 3.05) is 0 Å². The molecule has 0 nitrogen and oxygen atoms in total. The SMILES string of the molecule is c1ccc(-c2cc(-c3ccccc3)cc(-c3c4ccccc4c(-c4cccc5ccc(-c6ccccc6)cc45)c4ccccc34)c2)cc1. The Morgan fingerprint density at radius 1 is 0.208 bits per heavy atom. The summed E-state index contributed by atoms with van der Waals surface area (Å²) >= 11 is 0. The van der Waals surface area contributed by atoms with Crippen molar-refractivity contribution < 1.29 is 0 Å². The minimum absolute atomic E-state index is 1.21. The second-order valence-corrected chi connectivity index (χ2v) is 12.5. The van der Waals surface area contributed by atoms with Crippen molar-refractivity contribution in [3.63, 3.8) is 0 Å². The molecule has 48 heavy (non-hydrogen) atoms. The topological polar surface area (TPSA) is 0 Å². The maximum absolute atomic E-state index is 2.37. The highest BCUT2D eigenvalue weighted by Gasteiger charge is 2.19. The lowest BCUT2D eigenvalue weighted by Gasteiger charge is -2.20. The second-order valence-electron chi connectivity index (χ2n) is 12.5. The van der Waals surface area contributed by atoms with Crippen molar-refractivity contribution in [2.24, 2.45) is 0 Å². The van der Waals surface area contributed by atoms with Gasteiger partial charge in [-0.25, -0.2) is 0 Å². The zero-order valence-electron chi connectivity index (χ0n) is 26.5. The molecule has 0 aliphatic rings. The molecular formula is C48H32. The molecule has 0 aromatic heterocycles. The smallest absolute Gasteiger partial charge is 0.00201 e. The Kier molecular flexibility index (Phi) is 6.91. The van der Waals surface area contributed by atoms with Crippen LogP contribution in [0.25, 0.3) is 88.0 Å². The van der Waals surface area contributed by atoms with E-state index in [0.29, 0.717) is 0 Å². The Hall–Kier alpha value is -6.24.